The Bertz CT molecular complexity index is 1270. The van der Waals surface area contributed by atoms with Gasteiger partial charge in [-0.05, 0) is 48.5 Å². The molecule has 1 amide bonds. The zero-order valence-corrected chi connectivity index (χ0v) is 17.3. The fourth-order valence-electron chi connectivity index (χ4n) is 3.03. The lowest BCUT2D eigenvalue weighted by atomic mass is 10.1. The number of fused-ring (bicyclic) bond motifs is 1. The molecule has 170 valence electrons. The maximum Gasteiger partial charge on any atom is 0.416 e. The predicted molar refractivity (Wildman–Crippen MR) is 112 cm³/mol. The number of carbonyl (C=O) groups is 1. The van der Waals surface area contributed by atoms with Crippen molar-refractivity contribution >= 4 is 11.6 Å². The Morgan fingerprint density at radius 3 is 2.58 bits per heavy atom. The number of rotatable bonds is 7. The lowest BCUT2D eigenvalue weighted by Crippen LogP contribution is -2.28. The summed E-state index contributed by atoms with van der Waals surface area (Å²) in [5.41, 5.74) is 0.329. The number of methoxy groups -OCH3 is 1. The molecule has 2 heterocycles. The van der Waals surface area contributed by atoms with Crippen LogP contribution in [0.5, 0.6) is 11.6 Å². The first-order valence-corrected chi connectivity index (χ1v) is 9.80. The number of hydrogen-bond donors (Lipinski definition) is 1. The van der Waals surface area contributed by atoms with Crippen LogP contribution in [0, 0.1) is 0 Å². The molecule has 0 unspecified atom stereocenters. The van der Waals surface area contributed by atoms with E-state index in [1.54, 1.807) is 31.4 Å². The van der Waals surface area contributed by atoms with Gasteiger partial charge in [0.1, 0.15) is 12.4 Å². The third-order valence-electron chi connectivity index (χ3n) is 4.68. The van der Waals surface area contributed by atoms with Crippen LogP contribution in [0.4, 0.5) is 13.2 Å². The first-order chi connectivity index (χ1) is 15.8. The normalized spacial score (nSPS) is 11.4. The highest BCUT2D eigenvalue weighted by atomic mass is 19.4. The van der Waals surface area contributed by atoms with Crippen LogP contribution in [-0.2, 0) is 6.18 Å². The molecule has 0 saturated carbocycles. The van der Waals surface area contributed by atoms with Crippen molar-refractivity contribution in [2.24, 2.45) is 0 Å². The molecule has 0 saturated heterocycles. The van der Waals surface area contributed by atoms with Crippen LogP contribution in [0.25, 0.3) is 17.0 Å². The van der Waals surface area contributed by atoms with Gasteiger partial charge in [0.15, 0.2) is 11.5 Å². The second-order valence-electron chi connectivity index (χ2n) is 6.88. The molecule has 33 heavy (non-hydrogen) atoms. The second kappa shape index (κ2) is 9.15. The second-order valence-corrected chi connectivity index (χ2v) is 6.88. The summed E-state index contributed by atoms with van der Waals surface area (Å²) in [7, 11) is 1.58. The van der Waals surface area contributed by atoms with Gasteiger partial charge >= 0.3 is 6.18 Å². The number of alkyl halides is 3. The van der Waals surface area contributed by atoms with Gasteiger partial charge in [0.25, 0.3) is 5.91 Å². The Morgan fingerprint density at radius 2 is 1.85 bits per heavy atom. The maximum absolute atomic E-state index is 12.8. The number of aromatic nitrogens is 4. The largest absolute Gasteiger partial charge is 0.497 e. The van der Waals surface area contributed by atoms with E-state index in [4.69, 9.17) is 9.47 Å². The van der Waals surface area contributed by atoms with Crippen molar-refractivity contribution in [3.05, 3.63) is 71.8 Å². The quantitative estimate of drug-likeness (QED) is 0.427. The first-order valence-electron chi connectivity index (χ1n) is 9.80. The van der Waals surface area contributed by atoms with Gasteiger partial charge in [0.2, 0.25) is 5.88 Å². The summed E-state index contributed by atoms with van der Waals surface area (Å²) >= 11 is 0. The number of carbonyl (C=O) groups excluding carboxylic acids is 1. The van der Waals surface area contributed by atoms with Crippen LogP contribution >= 0.6 is 0 Å². The molecular weight excluding hydrogens is 439 g/mol. The van der Waals surface area contributed by atoms with E-state index in [2.05, 4.69) is 20.6 Å². The van der Waals surface area contributed by atoms with Gasteiger partial charge in [0.05, 0.1) is 19.2 Å². The van der Waals surface area contributed by atoms with E-state index in [0.717, 1.165) is 17.7 Å². The molecule has 8 nitrogen and oxygen atoms in total. The summed E-state index contributed by atoms with van der Waals surface area (Å²) in [5, 5.41) is 15.1. The smallest absolute Gasteiger partial charge is 0.416 e. The Labute approximate surface area is 186 Å². The van der Waals surface area contributed by atoms with Crippen molar-refractivity contribution in [3.8, 4) is 23.0 Å². The van der Waals surface area contributed by atoms with Gasteiger partial charge in [-0.25, -0.2) is 0 Å². The van der Waals surface area contributed by atoms with E-state index in [1.165, 1.54) is 16.6 Å². The molecule has 0 bridgehead atoms. The fraction of sp³-hybridized carbons (Fsp3) is 0.182. The minimum Gasteiger partial charge on any atom is -0.497 e. The van der Waals surface area contributed by atoms with Crippen LogP contribution in [0.1, 0.15) is 15.9 Å². The van der Waals surface area contributed by atoms with E-state index in [0.29, 0.717) is 17.2 Å². The van der Waals surface area contributed by atoms with Crippen LogP contribution in [-0.4, -0.2) is 46.0 Å². The highest BCUT2D eigenvalue weighted by molar-refractivity contribution is 5.94. The third-order valence-corrected chi connectivity index (χ3v) is 4.68. The van der Waals surface area contributed by atoms with Gasteiger partial charge < -0.3 is 14.8 Å². The SMILES string of the molecule is COc1ccc(-c2nnc3ccc(OCCNC(=O)c4cccc(C(F)(F)F)c4)nn23)cc1. The molecule has 0 aliphatic rings. The molecule has 2 aromatic carbocycles. The van der Waals surface area contributed by atoms with Gasteiger partial charge in [-0.15, -0.1) is 15.3 Å². The molecule has 11 heteroatoms. The van der Waals surface area contributed by atoms with Gasteiger partial charge in [-0.1, -0.05) is 6.07 Å². The van der Waals surface area contributed by atoms with E-state index in [-0.39, 0.29) is 24.6 Å². The molecule has 0 atom stereocenters. The van der Waals surface area contributed by atoms with Crippen LogP contribution in [0.3, 0.4) is 0 Å². The Hall–Kier alpha value is -4.15. The first kappa shape index (κ1) is 22.1. The monoisotopic (exact) mass is 457 g/mol. The highest BCUT2D eigenvalue weighted by Crippen LogP contribution is 2.29. The highest BCUT2D eigenvalue weighted by Gasteiger charge is 2.30. The molecule has 4 rings (SSSR count). The van der Waals surface area contributed by atoms with Crippen LogP contribution < -0.4 is 14.8 Å². The van der Waals surface area contributed by atoms with Gasteiger partial charge in [-0.3, -0.25) is 4.79 Å². The Balaban J connectivity index is 1.38. The summed E-state index contributed by atoms with van der Waals surface area (Å²) in [4.78, 5) is 12.1. The van der Waals surface area contributed by atoms with Crippen LogP contribution in [0.2, 0.25) is 0 Å². The van der Waals surface area contributed by atoms with Gasteiger partial charge in [-0.2, -0.15) is 17.7 Å². The number of hydrogen-bond acceptors (Lipinski definition) is 6. The van der Waals surface area contributed by atoms with Gasteiger partial charge in [0, 0.05) is 17.2 Å². The molecular formula is C22H18F3N5O3. The molecule has 0 aliphatic heterocycles. The number of nitrogens with zero attached hydrogens (tertiary/aromatic N) is 4. The fourth-order valence-corrected chi connectivity index (χ4v) is 3.03. The molecule has 0 aliphatic carbocycles. The van der Waals surface area contributed by atoms with Crippen molar-refractivity contribution < 1.29 is 27.4 Å². The lowest BCUT2D eigenvalue weighted by molar-refractivity contribution is -0.137. The number of ether oxygens (including phenoxy) is 2. The molecule has 4 aromatic rings. The van der Waals surface area contributed by atoms with E-state index in [9.17, 15) is 18.0 Å². The standard InChI is InChI=1S/C22H18F3N5O3/c1-32-17-7-5-14(6-8-17)20-28-27-18-9-10-19(29-30(18)20)33-12-11-26-21(31)15-3-2-4-16(13-15)22(23,24)25/h2-10,13H,11-12H2,1H3,(H,26,31). The predicted octanol–water partition coefficient (Wildman–Crippen LogP) is 3.63. The Morgan fingerprint density at radius 1 is 1.06 bits per heavy atom. The molecule has 0 fully saturated rings. The number of amides is 1. The summed E-state index contributed by atoms with van der Waals surface area (Å²) < 4.78 is 50.7. The van der Waals surface area contributed by atoms with Crippen molar-refractivity contribution in [3.63, 3.8) is 0 Å². The zero-order valence-electron chi connectivity index (χ0n) is 17.3. The van der Waals surface area contributed by atoms with E-state index in [1.807, 2.05) is 12.1 Å². The molecule has 2 aromatic heterocycles. The van der Waals surface area contributed by atoms with Crippen molar-refractivity contribution in [2.75, 3.05) is 20.3 Å². The topological polar surface area (TPSA) is 90.6 Å². The third kappa shape index (κ3) is 5.03. The van der Waals surface area contributed by atoms with E-state index >= 15 is 0 Å². The van der Waals surface area contributed by atoms with Crippen molar-refractivity contribution in [1.82, 2.24) is 25.1 Å². The number of benzene rings is 2. The maximum atomic E-state index is 12.8. The minimum absolute atomic E-state index is 0.0587. The minimum atomic E-state index is -4.52. The molecule has 0 spiro atoms. The average molecular weight is 457 g/mol. The number of nitrogens with one attached hydrogen (secondary N) is 1. The molecule has 1 N–H and O–H groups in total. The van der Waals surface area contributed by atoms with Crippen LogP contribution in [0.15, 0.2) is 60.7 Å². The van der Waals surface area contributed by atoms with Crippen molar-refractivity contribution in [2.45, 2.75) is 6.18 Å². The summed E-state index contributed by atoms with van der Waals surface area (Å²) in [5.74, 6) is 0.853. The molecule has 0 radical (unpaired) electrons. The summed E-state index contributed by atoms with van der Waals surface area (Å²) in [6, 6.07) is 14.8. The lowest BCUT2D eigenvalue weighted by Gasteiger charge is -2.10. The summed E-state index contributed by atoms with van der Waals surface area (Å²) in [6.45, 7) is 0.130. The Kier molecular flexibility index (Phi) is 6.11. The van der Waals surface area contributed by atoms with E-state index < -0.39 is 17.6 Å². The zero-order chi connectivity index (χ0) is 23.4. The van der Waals surface area contributed by atoms with Crippen molar-refractivity contribution in [1.29, 1.82) is 0 Å². The average Bonchev–Trinajstić information content (AvgIpc) is 3.24. The summed E-state index contributed by atoms with van der Waals surface area (Å²) in [6.07, 6.45) is -4.52. The number of halogens is 3.